The van der Waals surface area contributed by atoms with E-state index in [0.717, 1.165) is 52.0 Å². The van der Waals surface area contributed by atoms with Crippen LogP contribution < -0.4 is 10.1 Å². The fourth-order valence-corrected chi connectivity index (χ4v) is 4.04. The van der Waals surface area contributed by atoms with Gasteiger partial charge < -0.3 is 19.7 Å². The normalized spacial score (nSPS) is 21.2. The average Bonchev–Trinajstić information content (AvgIpc) is 2.73. The Bertz CT molecular complexity index is 701. The molecule has 0 bridgehead atoms. The molecule has 2 amide bonds. The fourth-order valence-electron chi connectivity index (χ4n) is 4.04. The lowest BCUT2D eigenvalue weighted by molar-refractivity contribution is -0.122. The average molecular weight is 389 g/mol. The maximum Gasteiger partial charge on any atom is 0.257 e. The second-order valence-electron chi connectivity index (χ2n) is 7.78. The zero-order chi connectivity index (χ0) is 20.1. The molecule has 2 saturated heterocycles. The van der Waals surface area contributed by atoms with Crippen molar-refractivity contribution in [2.75, 3.05) is 52.8 Å². The monoisotopic (exact) mass is 389 g/mol. The van der Waals surface area contributed by atoms with Gasteiger partial charge in [-0.3, -0.25) is 14.5 Å². The molecule has 0 spiro atoms. The molecular weight excluding hydrogens is 358 g/mol. The summed E-state index contributed by atoms with van der Waals surface area (Å²) in [5, 5.41) is 3.00. The minimum absolute atomic E-state index is 0.0187. The van der Waals surface area contributed by atoms with Crippen LogP contribution in [-0.2, 0) is 9.53 Å². The van der Waals surface area contributed by atoms with Crippen LogP contribution in [0.25, 0.3) is 0 Å². The van der Waals surface area contributed by atoms with Crippen molar-refractivity contribution in [2.24, 2.45) is 5.92 Å². The highest BCUT2D eigenvalue weighted by Gasteiger charge is 2.30. The zero-order valence-corrected chi connectivity index (χ0v) is 17.1. The van der Waals surface area contributed by atoms with E-state index in [0.29, 0.717) is 23.0 Å². The smallest absolute Gasteiger partial charge is 0.257 e. The summed E-state index contributed by atoms with van der Waals surface area (Å²) in [6, 6.07) is 5.72. The van der Waals surface area contributed by atoms with Gasteiger partial charge in [0.1, 0.15) is 5.75 Å². The molecule has 0 aromatic heterocycles. The summed E-state index contributed by atoms with van der Waals surface area (Å²) in [5.74, 6) is 0.327. The lowest BCUT2D eigenvalue weighted by atomic mass is 9.94. The van der Waals surface area contributed by atoms with Crippen molar-refractivity contribution < 1.29 is 19.1 Å². The standard InChI is InChI=1S/C21H31N3O4/c1-23(2)21(26)18-13-16(6-7-19(18)27-3)22-20(25)15-5-4-10-24(14-15)17-8-11-28-12-9-17/h6-7,13,15,17H,4-5,8-12,14H2,1-3H3,(H,22,25). The van der Waals surface area contributed by atoms with Gasteiger partial charge in [-0.1, -0.05) is 0 Å². The summed E-state index contributed by atoms with van der Waals surface area (Å²) in [5.41, 5.74) is 1.07. The summed E-state index contributed by atoms with van der Waals surface area (Å²) in [6.07, 6.45) is 4.01. The van der Waals surface area contributed by atoms with E-state index in [9.17, 15) is 9.59 Å². The predicted molar refractivity (Wildman–Crippen MR) is 108 cm³/mol. The summed E-state index contributed by atoms with van der Waals surface area (Å²) in [7, 11) is 4.92. The molecule has 7 heteroatoms. The Hall–Kier alpha value is -2.12. The third-order valence-corrected chi connectivity index (χ3v) is 5.63. The van der Waals surface area contributed by atoms with Gasteiger partial charge in [0.25, 0.3) is 5.91 Å². The van der Waals surface area contributed by atoms with Gasteiger partial charge in [0.2, 0.25) is 5.91 Å². The topological polar surface area (TPSA) is 71.1 Å². The highest BCUT2D eigenvalue weighted by molar-refractivity contribution is 5.99. The Morgan fingerprint density at radius 2 is 1.96 bits per heavy atom. The number of nitrogens with zero attached hydrogens (tertiary/aromatic N) is 2. The Kier molecular flexibility index (Phi) is 6.91. The molecule has 2 aliphatic rings. The number of carbonyl (C=O) groups is 2. The zero-order valence-electron chi connectivity index (χ0n) is 17.1. The number of amides is 2. The van der Waals surface area contributed by atoms with Gasteiger partial charge in [-0.25, -0.2) is 0 Å². The van der Waals surface area contributed by atoms with Crippen LogP contribution in [0.5, 0.6) is 5.75 Å². The molecule has 2 heterocycles. The second kappa shape index (κ2) is 9.39. The molecular formula is C21H31N3O4. The van der Waals surface area contributed by atoms with Crippen LogP contribution in [0.15, 0.2) is 18.2 Å². The van der Waals surface area contributed by atoms with Crippen LogP contribution in [0, 0.1) is 5.92 Å². The Morgan fingerprint density at radius 1 is 1.21 bits per heavy atom. The predicted octanol–water partition coefficient (Wildman–Crippen LogP) is 2.23. The molecule has 1 atom stereocenters. The summed E-state index contributed by atoms with van der Waals surface area (Å²) in [4.78, 5) is 29.2. The molecule has 1 aromatic carbocycles. The molecule has 2 aliphatic heterocycles. The van der Waals surface area contributed by atoms with E-state index >= 15 is 0 Å². The molecule has 1 aromatic rings. The first kappa shape index (κ1) is 20.6. The van der Waals surface area contributed by atoms with Crippen LogP contribution in [0.1, 0.15) is 36.0 Å². The summed E-state index contributed by atoms with van der Waals surface area (Å²) < 4.78 is 10.8. The molecule has 7 nitrogen and oxygen atoms in total. The molecule has 0 aliphatic carbocycles. The number of piperidine rings is 1. The van der Waals surface area contributed by atoms with E-state index in [2.05, 4.69) is 10.2 Å². The van der Waals surface area contributed by atoms with Crippen molar-refractivity contribution >= 4 is 17.5 Å². The maximum atomic E-state index is 12.9. The van der Waals surface area contributed by atoms with Crippen molar-refractivity contribution in [3.8, 4) is 5.75 Å². The van der Waals surface area contributed by atoms with Crippen LogP contribution in [0.3, 0.4) is 0 Å². The van der Waals surface area contributed by atoms with Gasteiger partial charge >= 0.3 is 0 Å². The van der Waals surface area contributed by atoms with E-state index in [1.165, 1.54) is 12.0 Å². The van der Waals surface area contributed by atoms with Crippen LogP contribution >= 0.6 is 0 Å². The van der Waals surface area contributed by atoms with Gasteiger partial charge in [-0.2, -0.15) is 0 Å². The molecule has 3 rings (SSSR count). The van der Waals surface area contributed by atoms with Crippen molar-refractivity contribution in [1.82, 2.24) is 9.80 Å². The van der Waals surface area contributed by atoms with Crippen molar-refractivity contribution in [1.29, 1.82) is 0 Å². The third-order valence-electron chi connectivity index (χ3n) is 5.63. The van der Waals surface area contributed by atoms with E-state index in [4.69, 9.17) is 9.47 Å². The lowest BCUT2D eigenvalue weighted by Crippen LogP contribution is -2.47. The van der Waals surface area contributed by atoms with Gasteiger partial charge in [0.15, 0.2) is 0 Å². The molecule has 154 valence electrons. The number of ether oxygens (including phenoxy) is 2. The molecule has 1 unspecified atom stereocenters. The first-order chi connectivity index (χ1) is 13.5. The van der Waals surface area contributed by atoms with Crippen molar-refractivity contribution in [2.45, 2.75) is 31.7 Å². The van der Waals surface area contributed by atoms with Gasteiger partial charge in [-0.15, -0.1) is 0 Å². The van der Waals surface area contributed by atoms with Crippen molar-refractivity contribution in [3.63, 3.8) is 0 Å². The highest BCUT2D eigenvalue weighted by atomic mass is 16.5. The van der Waals surface area contributed by atoms with Crippen LogP contribution in [0.2, 0.25) is 0 Å². The molecule has 0 saturated carbocycles. The maximum absolute atomic E-state index is 12.9. The van der Waals surface area contributed by atoms with Gasteiger partial charge in [0, 0.05) is 45.6 Å². The quantitative estimate of drug-likeness (QED) is 0.836. The number of anilines is 1. The summed E-state index contributed by atoms with van der Waals surface area (Å²) >= 11 is 0. The first-order valence-corrected chi connectivity index (χ1v) is 10.0. The third kappa shape index (κ3) is 4.83. The fraction of sp³-hybridized carbons (Fsp3) is 0.619. The second-order valence-corrected chi connectivity index (χ2v) is 7.78. The molecule has 28 heavy (non-hydrogen) atoms. The van der Waals surface area contributed by atoms with E-state index in [1.807, 2.05) is 0 Å². The Morgan fingerprint density at radius 3 is 2.64 bits per heavy atom. The van der Waals surface area contributed by atoms with E-state index in [-0.39, 0.29) is 17.7 Å². The number of likely N-dealkylation sites (tertiary alicyclic amines) is 1. The SMILES string of the molecule is COc1ccc(NC(=O)C2CCCN(C3CCOCC3)C2)cc1C(=O)N(C)C. The number of hydrogen-bond donors (Lipinski definition) is 1. The minimum atomic E-state index is -0.156. The van der Waals surface area contributed by atoms with E-state index in [1.54, 1.807) is 32.3 Å². The largest absolute Gasteiger partial charge is 0.496 e. The Balaban J connectivity index is 1.66. The number of carbonyl (C=O) groups excluding carboxylic acids is 2. The number of benzene rings is 1. The lowest BCUT2D eigenvalue weighted by Gasteiger charge is -2.39. The van der Waals surface area contributed by atoms with E-state index < -0.39 is 0 Å². The highest BCUT2D eigenvalue weighted by Crippen LogP contribution is 2.26. The minimum Gasteiger partial charge on any atom is -0.496 e. The van der Waals surface area contributed by atoms with Crippen LogP contribution in [0.4, 0.5) is 5.69 Å². The number of methoxy groups -OCH3 is 1. The number of rotatable bonds is 5. The van der Waals surface area contributed by atoms with Gasteiger partial charge in [-0.05, 0) is 50.4 Å². The Labute approximate surface area is 167 Å². The number of nitrogens with one attached hydrogen (secondary N) is 1. The number of hydrogen-bond acceptors (Lipinski definition) is 5. The molecule has 0 radical (unpaired) electrons. The van der Waals surface area contributed by atoms with Crippen LogP contribution in [-0.4, -0.2) is 75.2 Å². The van der Waals surface area contributed by atoms with Gasteiger partial charge in [0.05, 0.1) is 18.6 Å². The molecule has 2 fully saturated rings. The van der Waals surface area contributed by atoms with Crippen molar-refractivity contribution in [3.05, 3.63) is 23.8 Å². The molecule has 1 N–H and O–H groups in total. The summed E-state index contributed by atoms with van der Waals surface area (Å²) in [6.45, 7) is 3.47. The first-order valence-electron chi connectivity index (χ1n) is 10.0.